The summed E-state index contributed by atoms with van der Waals surface area (Å²) in [6.07, 6.45) is -6.81. The van der Waals surface area contributed by atoms with E-state index in [4.69, 9.17) is 9.47 Å². The second-order valence-corrected chi connectivity index (χ2v) is 13.2. The third-order valence-corrected chi connectivity index (χ3v) is 9.57. The average molecular weight is 629 g/mol. The number of rotatable bonds is 11. The van der Waals surface area contributed by atoms with Crippen LogP contribution in [0.4, 0.5) is 13.6 Å². The molecule has 1 amide bonds. The van der Waals surface area contributed by atoms with Crippen LogP contribution in [-0.2, 0) is 25.9 Å². The largest absolute Gasteiger partial charge is 0.586 e. The highest BCUT2D eigenvalue weighted by Gasteiger charge is 2.49. The molecule has 3 aliphatic rings. The maximum Gasteiger partial charge on any atom is 0.586 e. The van der Waals surface area contributed by atoms with E-state index in [0.29, 0.717) is 18.6 Å². The Balaban J connectivity index is 1.47. The van der Waals surface area contributed by atoms with Gasteiger partial charge < -0.3 is 34.3 Å². The van der Waals surface area contributed by atoms with Gasteiger partial charge in [-0.1, -0.05) is 26.0 Å². The Hall–Kier alpha value is -3.24. The first-order valence-corrected chi connectivity index (χ1v) is 15.3. The lowest BCUT2D eigenvalue weighted by Gasteiger charge is -2.39. The lowest BCUT2D eigenvalue weighted by Crippen LogP contribution is -2.57. The van der Waals surface area contributed by atoms with Crippen molar-refractivity contribution in [3.05, 3.63) is 48.0 Å². The van der Waals surface area contributed by atoms with Gasteiger partial charge in [0.15, 0.2) is 17.8 Å². The Morgan fingerprint density at radius 2 is 1.77 bits per heavy atom. The molecule has 2 saturated heterocycles. The maximum absolute atomic E-state index is 13.8. The van der Waals surface area contributed by atoms with Crippen molar-refractivity contribution in [3.8, 4) is 17.2 Å². The molecular weight excluding hydrogens is 594 g/mol. The second kappa shape index (κ2) is 12.0. The summed E-state index contributed by atoms with van der Waals surface area (Å²) >= 11 is 0. The zero-order valence-corrected chi connectivity index (χ0v) is 24.3. The summed E-state index contributed by atoms with van der Waals surface area (Å²) in [6, 6.07) is 7.35. The number of benzene rings is 2. The molecule has 0 saturated carbocycles. The van der Waals surface area contributed by atoms with E-state index in [2.05, 4.69) is 9.47 Å². The number of aliphatic hydroxyl groups excluding tert-OH is 1. The van der Waals surface area contributed by atoms with Gasteiger partial charge in [0.1, 0.15) is 5.75 Å². The number of hydrogen-bond acceptors (Lipinski definition) is 9. The number of sulfonamides is 1. The van der Waals surface area contributed by atoms with E-state index in [1.807, 2.05) is 0 Å². The summed E-state index contributed by atoms with van der Waals surface area (Å²) in [4.78, 5) is 13.5. The summed E-state index contributed by atoms with van der Waals surface area (Å²) in [5.74, 6) is -1.26. The van der Waals surface area contributed by atoms with Crippen molar-refractivity contribution in [2.75, 3.05) is 26.3 Å². The molecule has 2 aromatic carbocycles. The smallest absolute Gasteiger partial charge is 0.508 e. The number of fused-ring (bicyclic) bond motifs is 2. The van der Waals surface area contributed by atoms with Crippen molar-refractivity contribution in [3.63, 3.8) is 0 Å². The number of nitrogens with zero attached hydrogens (tertiary/aromatic N) is 2. The minimum absolute atomic E-state index is 0.00164. The molecule has 3 aliphatic heterocycles. The Kier molecular flexibility index (Phi) is 8.73. The van der Waals surface area contributed by atoms with Gasteiger partial charge >= 0.3 is 12.4 Å². The van der Waals surface area contributed by atoms with Crippen LogP contribution in [0.5, 0.6) is 17.2 Å². The summed E-state index contributed by atoms with van der Waals surface area (Å²) in [6.45, 7) is 3.40. The Labute approximate surface area is 247 Å². The van der Waals surface area contributed by atoms with E-state index < -0.39 is 59.2 Å². The first-order valence-electron chi connectivity index (χ1n) is 13.9. The number of phenolic OH excluding ortho intramolecular Hbond substituents is 1. The van der Waals surface area contributed by atoms with Gasteiger partial charge in [0.2, 0.25) is 10.0 Å². The fourth-order valence-corrected chi connectivity index (χ4v) is 7.44. The van der Waals surface area contributed by atoms with E-state index in [9.17, 15) is 37.3 Å². The van der Waals surface area contributed by atoms with E-state index in [0.717, 1.165) is 27.4 Å². The van der Waals surface area contributed by atoms with Crippen molar-refractivity contribution in [1.29, 1.82) is 0 Å². The van der Waals surface area contributed by atoms with Crippen LogP contribution in [0.2, 0.25) is 0 Å². The van der Waals surface area contributed by atoms with Crippen molar-refractivity contribution in [2.24, 2.45) is 11.8 Å². The van der Waals surface area contributed by atoms with Crippen LogP contribution >= 0.6 is 0 Å². The number of aliphatic hydroxyl groups is 1. The van der Waals surface area contributed by atoms with Gasteiger partial charge in [-0.05, 0) is 48.6 Å². The second-order valence-electron chi connectivity index (χ2n) is 11.3. The van der Waals surface area contributed by atoms with Gasteiger partial charge in [-0.25, -0.2) is 13.2 Å². The Morgan fingerprint density at radius 3 is 2.44 bits per heavy atom. The molecule has 0 unspecified atom stereocenters. The average Bonchev–Trinajstić information content (AvgIpc) is 3.62. The maximum atomic E-state index is 13.8. The molecule has 3 N–H and O–H groups in total. The molecule has 0 aliphatic carbocycles. The van der Waals surface area contributed by atoms with Crippen LogP contribution in [-0.4, -0.2) is 96.1 Å². The number of halogens is 2. The van der Waals surface area contributed by atoms with Crippen LogP contribution in [0.3, 0.4) is 0 Å². The van der Waals surface area contributed by atoms with E-state index in [1.165, 1.54) is 12.1 Å². The molecule has 3 heterocycles. The highest BCUT2D eigenvalue weighted by Crippen LogP contribution is 2.42. The lowest BCUT2D eigenvalue weighted by atomic mass is 9.93. The van der Waals surface area contributed by atoms with Crippen LogP contribution in [0.15, 0.2) is 47.4 Å². The van der Waals surface area contributed by atoms with Gasteiger partial charge in [0, 0.05) is 25.1 Å². The zero-order chi connectivity index (χ0) is 31.1. The number of alkyl halides is 2. The zero-order valence-electron chi connectivity index (χ0n) is 23.5. The molecule has 12 nitrogen and oxygen atoms in total. The van der Waals surface area contributed by atoms with Crippen molar-refractivity contribution < 1.29 is 56.3 Å². The normalized spacial score (nSPS) is 23.8. The van der Waals surface area contributed by atoms with Crippen LogP contribution in [0.1, 0.15) is 25.8 Å². The molecule has 236 valence electrons. The highest BCUT2D eigenvalue weighted by atomic mass is 32.2. The number of carboxylic acid groups (broad SMARTS) is 1. The number of carbonyl (C=O) groups is 1. The van der Waals surface area contributed by atoms with Crippen molar-refractivity contribution >= 4 is 16.1 Å². The summed E-state index contributed by atoms with van der Waals surface area (Å²) in [5, 5.41) is 31.8. The van der Waals surface area contributed by atoms with Crippen molar-refractivity contribution in [2.45, 2.75) is 62.4 Å². The Bertz CT molecular complexity index is 1430. The molecule has 2 fully saturated rings. The number of ether oxygens (including phenoxy) is 4. The minimum Gasteiger partial charge on any atom is -0.508 e. The first kappa shape index (κ1) is 31.2. The SMILES string of the molecule is CC(C)CN(C[C@@H](O)[C@H](Cc1ccc(O)cc1)N(C(=O)O)[C@H]1CO[C@H]2OCC[C@H]21)S(=O)(=O)c1ccc2c(c1)OC(F)(F)O2. The fraction of sp³-hybridized carbons (Fsp3) is 0.536. The number of hydrogen-bond donors (Lipinski definition) is 3. The van der Waals surface area contributed by atoms with Gasteiger partial charge in [0.25, 0.3) is 0 Å². The van der Waals surface area contributed by atoms with E-state index in [1.54, 1.807) is 26.0 Å². The van der Waals surface area contributed by atoms with Crippen LogP contribution in [0, 0.1) is 11.8 Å². The molecule has 15 heteroatoms. The predicted octanol–water partition coefficient (Wildman–Crippen LogP) is 3.07. The molecule has 5 atom stereocenters. The summed E-state index contributed by atoms with van der Waals surface area (Å²) < 4.78 is 75.9. The first-order chi connectivity index (χ1) is 20.2. The topological polar surface area (TPSA) is 155 Å². The van der Waals surface area contributed by atoms with Gasteiger partial charge in [-0.15, -0.1) is 8.78 Å². The van der Waals surface area contributed by atoms with Gasteiger partial charge in [-0.3, -0.25) is 4.90 Å². The van der Waals surface area contributed by atoms with Crippen LogP contribution < -0.4 is 9.47 Å². The number of amides is 1. The van der Waals surface area contributed by atoms with Gasteiger partial charge in [0.05, 0.1) is 36.3 Å². The predicted molar refractivity (Wildman–Crippen MR) is 145 cm³/mol. The fourth-order valence-electron chi connectivity index (χ4n) is 5.80. The number of aromatic hydroxyl groups is 1. The monoisotopic (exact) mass is 628 g/mol. The third kappa shape index (κ3) is 6.65. The third-order valence-electron chi connectivity index (χ3n) is 7.74. The molecule has 5 rings (SSSR count). The standard InChI is InChI=1S/C28H34F2N2O10S/c1-16(2)13-31(43(37,38)19-7-8-24-25(12-19)42-28(29,30)41-24)14-23(34)21(11-17-3-5-18(33)6-4-17)32(27(35)36)22-15-40-26-20(22)9-10-39-26/h3-8,12,16,20-23,26,33-34H,9-11,13-15H2,1-2H3,(H,35,36)/t20-,21-,22-,23+,26+/m0/s1. The number of phenols is 1. The summed E-state index contributed by atoms with van der Waals surface area (Å²) in [5.41, 5.74) is 0.598. The lowest BCUT2D eigenvalue weighted by molar-refractivity contribution is -0.286. The minimum atomic E-state index is -4.39. The Morgan fingerprint density at radius 1 is 1.07 bits per heavy atom. The molecule has 0 bridgehead atoms. The van der Waals surface area contributed by atoms with Gasteiger partial charge in [-0.2, -0.15) is 4.31 Å². The van der Waals surface area contributed by atoms with Crippen LogP contribution in [0.25, 0.3) is 0 Å². The quantitative estimate of drug-likeness (QED) is 0.338. The van der Waals surface area contributed by atoms with Crippen molar-refractivity contribution in [1.82, 2.24) is 9.21 Å². The summed E-state index contributed by atoms with van der Waals surface area (Å²) in [7, 11) is -4.39. The molecular formula is C28H34F2N2O10S. The highest BCUT2D eigenvalue weighted by molar-refractivity contribution is 7.89. The molecule has 0 spiro atoms. The molecule has 43 heavy (non-hydrogen) atoms. The molecule has 0 aromatic heterocycles. The van der Waals surface area contributed by atoms with E-state index >= 15 is 0 Å². The molecule has 2 aromatic rings. The molecule has 0 radical (unpaired) electrons. The van der Waals surface area contributed by atoms with E-state index in [-0.39, 0.29) is 47.8 Å².